The van der Waals surface area contributed by atoms with Crippen LogP contribution < -0.4 is 27.4 Å². The van der Waals surface area contributed by atoms with E-state index in [9.17, 15) is 0 Å². The van der Waals surface area contributed by atoms with E-state index < -0.39 is 6.85 Å². The van der Waals surface area contributed by atoms with Gasteiger partial charge in [0.25, 0.3) is 0 Å². The fraction of sp³-hybridized carbons (Fsp3) is 0.323. The summed E-state index contributed by atoms with van der Waals surface area (Å²) in [6.45, 7) is 17.6. The minimum absolute atomic E-state index is 0.381. The molecule has 4 fully saturated rings. The molecule has 6 heteroatoms. The van der Waals surface area contributed by atoms with Crippen molar-refractivity contribution < 1.29 is 31.5 Å². The molecule has 9 aromatic carbocycles. The maximum Gasteiger partial charge on any atom is 0.220 e. The van der Waals surface area contributed by atoms with Gasteiger partial charge in [0.15, 0.2) is 37.2 Å². The van der Waals surface area contributed by atoms with Crippen molar-refractivity contribution in [3.8, 4) is 101 Å². The molecule has 0 aliphatic heterocycles. The predicted octanol–water partition coefficient (Wildman–Crippen LogP) is 28.7. The molecule has 0 amide bonds. The monoisotopic (exact) mass is 1720 g/mol. The molecule has 130 heavy (non-hydrogen) atoms. The van der Waals surface area contributed by atoms with E-state index in [1.165, 1.54) is 268 Å². The van der Waals surface area contributed by atoms with Gasteiger partial charge in [0, 0.05) is 96.1 Å². The minimum Gasteiger partial charge on any atom is -0.201 e. The van der Waals surface area contributed by atoms with Crippen molar-refractivity contribution in [1.29, 1.82) is 0 Å². The summed E-state index contributed by atoms with van der Waals surface area (Å²) in [4.78, 5) is 0. The molecule has 0 N–H and O–H groups in total. The van der Waals surface area contributed by atoms with Crippen LogP contribution in [-0.2, 0) is 55.1 Å². The number of aryl methyl sites for hydroxylation is 16. The summed E-state index contributed by atoms with van der Waals surface area (Å²) >= 11 is 0. The first kappa shape index (κ1) is 89.8. The van der Waals surface area contributed by atoms with Crippen molar-refractivity contribution in [2.75, 3.05) is 0 Å². The third-order valence-corrected chi connectivity index (χ3v) is 28.2. The SMILES string of the molecule is Cc1ccc(-c2cc(C)c(-c3ccc[n+](C)c3-c3ccccc3C)c(C)c2)cc1.Cc1ccccc1-c1c(C2CCCC2)ccc[n+]1C.Cc1ccccc1-c1c(C2CCCCC2)ccc[n+]1C.Cc1ccccc1-c1c(CC2CCCC2)ccc[n+]1C.Cc1ccccc1-c1c(CC2CCCCC2)ccc[n+]1C.[2H]C([2H])([2H])c1ccccc1-c1ccc[n+](C)c1-c1ccccc1C. The zero-order chi connectivity index (χ0) is 93.7. The topological polar surface area (TPSA) is 23.3 Å². The lowest BCUT2D eigenvalue weighted by atomic mass is 9.82. The van der Waals surface area contributed by atoms with Crippen LogP contribution in [0.25, 0.3) is 101 Å². The standard InChI is InChI=1S/C28H28N.C20H20N.C20H26N.2C19H24N.C18H22N/c1-19-12-14-23(15-13-19)24-17-21(3)27(22(4)18-24)26-11-8-16-29(5)28(26)25-10-7-6-9-20(25)2;1-15-9-4-6-11-17(15)19-13-8-14-21(3)20(19)18-12-7-5-10-16(18)2;1-16-9-6-7-13-19(16)20-18(12-8-14-21(20)2)15-17-10-4-3-5-11-17;1-15-8-3-6-12-18(15)19-17(11-7-13-20(19)2)14-16-9-4-5-10-16;1-15-9-6-7-12-17(15)19-18(13-8-14-20(19)2)16-10-4-3-5-11-16;1-14-8-3-6-11-16(14)18-17(12-7-13-19(18)2)15-9-4-5-10-15/h6-18H,1-5H3;4-14H,1-3H3;6-9,12-14,17H,3-5,10-11,15H2,1-2H3;3,6-8,11-13,16H,4-5,9-10,14H2,1-2H3;6-9,12-14,16H,3-5,10-11H2,1-2H3;3,6-8,11-13,15H,4-5,9-10H2,1-2H3/q6*+1/i;1D3;;;;. The van der Waals surface area contributed by atoms with Gasteiger partial charge < -0.3 is 0 Å². The summed E-state index contributed by atoms with van der Waals surface area (Å²) in [6.07, 6.45) is 40.4. The van der Waals surface area contributed by atoms with Gasteiger partial charge in [-0.25, -0.2) is 27.4 Å². The molecule has 4 aliphatic carbocycles. The number of rotatable bonds is 15. The minimum atomic E-state index is -2.14. The molecule has 6 nitrogen and oxygen atoms in total. The summed E-state index contributed by atoms with van der Waals surface area (Å²) in [6, 6.07) is 98.9. The summed E-state index contributed by atoms with van der Waals surface area (Å²) < 4.78 is 37.0. The molecule has 6 heterocycles. The molecule has 4 aliphatic rings. The van der Waals surface area contributed by atoms with E-state index in [0.717, 1.165) is 51.6 Å². The second-order valence-electron chi connectivity index (χ2n) is 37.8. The molecule has 664 valence electrons. The Kier molecular flexibility index (Phi) is 31.4. The summed E-state index contributed by atoms with van der Waals surface area (Å²) in [7, 11) is 12.8. The van der Waals surface area contributed by atoms with Crippen LogP contribution in [-0.4, -0.2) is 0 Å². The van der Waals surface area contributed by atoms with Crippen molar-refractivity contribution in [3.05, 3.63) is 394 Å². The molecule has 0 spiro atoms. The number of aromatic nitrogens is 6. The number of hydrogen-bond acceptors (Lipinski definition) is 0. The van der Waals surface area contributed by atoms with Crippen LogP contribution in [0.5, 0.6) is 0 Å². The van der Waals surface area contributed by atoms with Crippen molar-refractivity contribution in [2.24, 2.45) is 54.1 Å². The predicted molar refractivity (Wildman–Crippen MR) is 545 cm³/mol. The highest BCUT2D eigenvalue weighted by molar-refractivity contribution is 5.86. The quantitative estimate of drug-likeness (QED) is 0.0914. The second kappa shape index (κ2) is 45.4. The molecule has 0 unspecified atom stereocenters. The Hall–Kier alpha value is -12.1. The van der Waals surface area contributed by atoms with Gasteiger partial charge >= 0.3 is 0 Å². The lowest BCUT2D eigenvalue weighted by molar-refractivity contribution is -0.661. The van der Waals surface area contributed by atoms with Crippen molar-refractivity contribution in [1.82, 2.24) is 0 Å². The Morgan fingerprint density at radius 1 is 0.231 bits per heavy atom. The average molecular weight is 1720 g/mol. The highest BCUT2D eigenvalue weighted by Crippen LogP contribution is 2.43. The Balaban J connectivity index is 0.000000129. The molecular formula is C124H144N6+6. The van der Waals surface area contributed by atoms with Crippen molar-refractivity contribution in [3.63, 3.8) is 0 Å². The van der Waals surface area contributed by atoms with Crippen molar-refractivity contribution in [2.45, 2.75) is 209 Å². The van der Waals surface area contributed by atoms with E-state index in [1.807, 2.05) is 54.2 Å². The summed E-state index contributed by atoms with van der Waals surface area (Å²) in [5, 5.41) is 0. The average Bonchev–Trinajstić information content (AvgIpc) is 1.23. The van der Waals surface area contributed by atoms with Gasteiger partial charge in [-0.3, -0.25) is 0 Å². The maximum absolute atomic E-state index is 7.86. The molecule has 15 aromatic rings. The van der Waals surface area contributed by atoms with Crippen LogP contribution >= 0.6 is 0 Å². The Labute approximate surface area is 785 Å². The van der Waals surface area contributed by atoms with Crippen LogP contribution in [0, 0.1) is 81.0 Å². The van der Waals surface area contributed by atoms with Gasteiger partial charge in [-0.05, 0) is 276 Å². The first-order valence-electron chi connectivity index (χ1n) is 49.9. The van der Waals surface area contributed by atoms with Crippen LogP contribution in [0.4, 0.5) is 0 Å². The van der Waals surface area contributed by atoms with E-state index >= 15 is 0 Å². The maximum atomic E-state index is 7.86. The molecule has 0 radical (unpaired) electrons. The first-order valence-corrected chi connectivity index (χ1v) is 48.4. The van der Waals surface area contributed by atoms with Crippen LogP contribution in [0.3, 0.4) is 0 Å². The normalized spacial score (nSPS) is 14.4. The fourth-order valence-electron chi connectivity index (χ4n) is 21.2. The molecule has 4 saturated carbocycles. The number of benzene rings is 9. The van der Waals surface area contributed by atoms with Crippen molar-refractivity contribution >= 4 is 0 Å². The van der Waals surface area contributed by atoms with Gasteiger partial charge in [0.2, 0.25) is 34.2 Å². The zero-order valence-corrected chi connectivity index (χ0v) is 80.7. The number of pyridine rings is 6. The van der Waals surface area contributed by atoms with E-state index in [1.54, 1.807) is 17.7 Å². The van der Waals surface area contributed by atoms with Crippen LogP contribution in [0.1, 0.15) is 209 Å². The summed E-state index contributed by atoms with van der Waals surface area (Å²) in [5.74, 6) is 3.26. The van der Waals surface area contributed by atoms with Crippen LogP contribution in [0.2, 0.25) is 0 Å². The van der Waals surface area contributed by atoms with Crippen LogP contribution in [0.15, 0.2) is 316 Å². The first-order chi connectivity index (χ1) is 64.4. The largest absolute Gasteiger partial charge is 0.220 e. The Morgan fingerprint density at radius 2 is 0.500 bits per heavy atom. The molecule has 6 aromatic heterocycles. The Morgan fingerprint density at radius 3 is 0.869 bits per heavy atom. The third-order valence-electron chi connectivity index (χ3n) is 28.2. The van der Waals surface area contributed by atoms with E-state index in [4.69, 9.17) is 4.11 Å². The fourth-order valence-corrected chi connectivity index (χ4v) is 21.2. The van der Waals surface area contributed by atoms with Gasteiger partial charge in [-0.1, -0.05) is 265 Å². The van der Waals surface area contributed by atoms with E-state index in [-0.39, 0.29) is 0 Å². The van der Waals surface area contributed by atoms with Gasteiger partial charge in [0.1, 0.15) is 42.3 Å². The highest BCUT2D eigenvalue weighted by Gasteiger charge is 2.31. The second-order valence-corrected chi connectivity index (χ2v) is 37.8. The van der Waals surface area contributed by atoms with E-state index in [2.05, 4.69) is 382 Å². The van der Waals surface area contributed by atoms with Gasteiger partial charge in [0.05, 0.1) is 11.1 Å². The molecular weight excluding hydrogens is 1570 g/mol. The lowest BCUT2D eigenvalue weighted by Crippen LogP contribution is -2.32. The number of hydrogen-bond donors (Lipinski definition) is 0. The molecule has 0 saturated heterocycles. The van der Waals surface area contributed by atoms with Gasteiger partial charge in [-0.2, -0.15) is 0 Å². The molecule has 0 bridgehead atoms. The Bertz CT molecular complexity index is 6400. The van der Waals surface area contributed by atoms with E-state index in [0.29, 0.717) is 5.56 Å². The zero-order valence-electron chi connectivity index (χ0n) is 83.7. The lowest BCUT2D eigenvalue weighted by Gasteiger charge is -2.23. The van der Waals surface area contributed by atoms with Gasteiger partial charge in [-0.15, -0.1) is 0 Å². The number of nitrogens with zero attached hydrogens (tertiary/aromatic N) is 6. The highest BCUT2D eigenvalue weighted by atomic mass is 14.9. The smallest absolute Gasteiger partial charge is 0.201 e. The molecule has 19 rings (SSSR count). The molecule has 0 atom stereocenters. The third kappa shape index (κ3) is 23.2. The summed E-state index contributed by atoms with van der Waals surface area (Å²) in [5.41, 5.74) is 41.0.